The molecule has 0 bridgehead atoms. The second kappa shape index (κ2) is 8.72. The van der Waals surface area contributed by atoms with Gasteiger partial charge >= 0.3 is 0 Å². The van der Waals surface area contributed by atoms with Crippen molar-refractivity contribution in [3.63, 3.8) is 0 Å². The van der Waals surface area contributed by atoms with E-state index in [4.69, 9.17) is 8.83 Å². The minimum atomic E-state index is 0.908. The molecule has 8 heterocycles. The summed E-state index contributed by atoms with van der Waals surface area (Å²) < 4.78 is 26.0. The fourth-order valence-electron chi connectivity index (χ4n) is 7.20. The third-order valence-corrected chi connectivity index (χ3v) is 14.1. The predicted octanol–water partition coefficient (Wildman–Crippen LogP) is 13.2. The van der Waals surface area contributed by atoms with Crippen LogP contribution in [0.5, 0.6) is 0 Å². The van der Waals surface area contributed by atoms with Crippen molar-refractivity contribution >= 4 is 129 Å². The van der Waals surface area contributed by atoms with Crippen molar-refractivity contribution in [2.45, 2.75) is 27.7 Å². The molecule has 0 radical (unpaired) electrons. The number of rotatable bonds is 2. The lowest BCUT2D eigenvalue weighted by Gasteiger charge is -2.06. The minimum Gasteiger partial charge on any atom is -0.453 e. The molecule has 11 rings (SSSR count). The lowest BCUT2D eigenvalue weighted by molar-refractivity contribution is 0.666. The molecule has 0 N–H and O–H groups in total. The van der Waals surface area contributed by atoms with Crippen LogP contribution in [0.25, 0.3) is 94.7 Å². The Morgan fingerprint density at radius 3 is 1.28 bits per heavy atom. The molecule has 46 heavy (non-hydrogen) atoms. The Bertz CT molecular complexity index is 2840. The summed E-state index contributed by atoms with van der Waals surface area (Å²) in [5, 5.41) is 2.23. The number of nitrogens with zero attached hydrogens (tertiary/aromatic N) is 2. The van der Waals surface area contributed by atoms with E-state index in [2.05, 4.69) is 110 Å². The Kier molecular flexibility index (Phi) is 4.89. The topological polar surface area (TPSA) is 36.1 Å². The molecule has 0 fully saturated rings. The fraction of sp³-hybridized carbons (Fsp3) is 0.105. The number of aromatic nitrogens is 2. The molecule has 0 saturated heterocycles. The number of aryl methyl sites for hydroxylation is 4. The van der Waals surface area contributed by atoms with Crippen molar-refractivity contribution in [1.29, 1.82) is 0 Å². The standard InChI is InChI=1S/C38H24N2O2S4/c1-17-5-9-21(10-6-17)39-25-13-19(3)43-35(25)37-29(39)31-33(45-37)23-15-28-24(16-27(23)41-31)34-32(42-28)30-38(46-34)36-26(14-20(4)44-36)40(30)22-11-7-18(2)8-12-22/h5-16H,1-4H3. The summed E-state index contributed by atoms with van der Waals surface area (Å²) in [6, 6.07) is 26.6. The quantitative estimate of drug-likeness (QED) is 0.184. The van der Waals surface area contributed by atoms with Gasteiger partial charge in [0.25, 0.3) is 0 Å². The average Bonchev–Trinajstić information content (AvgIpc) is 3.89. The molecule has 0 aliphatic rings. The van der Waals surface area contributed by atoms with Crippen molar-refractivity contribution in [3.05, 3.63) is 93.7 Å². The molecular formula is C38H24N2O2S4. The maximum atomic E-state index is 6.83. The highest BCUT2D eigenvalue weighted by atomic mass is 32.1. The zero-order valence-electron chi connectivity index (χ0n) is 25.3. The molecule has 11 aromatic rings. The van der Waals surface area contributed by atoms with Gasteiger partial charge in [-0.05, 0) is 76.2 Å². The second-order valence-electron chi connectivity index (χ2n) is 12.4. The summed E-state index contributed by atoms with van der Waals surface area (Å²) >= 11 is 7.41. The van der Waals surface area contributed by atoms with Crippen LogP contribution in [0, 0.1) is 27.7 Å². The molecule has 0 atom stereocenters. The molecule has 3 aromatic carbocycles. The predicted molar refractivity (Wildman–Crippen MR) is 200 cm³/mol. The highest BCUT2D eigenvalue weighted by Crippen LogP contribution is 2.52. The van der Waals surface area contributed by atoms with Crippen molar-refractivity contribution in [1.82, 2.24) is 9.13 Å². The summed E-state index contributed by atoms with van der Waals surface area (Å²) in [6.07, 6.45) is 0. The summed E-state index contributed by atoms with van der Waals surface area (Å²) in [7, 11) is 0. The summed E-state index contributed by atoms with van der Waals surface area (Å²) in [6.45, 7) is 8.66. The van der Waals surface area contributed by atoms with Crippen molar-refractivity contribution in [2.75, 3.05) is 0 Å². The maximum absolute atomic E-state index is 6.83. The lowest BCUT2D eigenvalue weighted by Crippen LogP contribution is -1.92. The Hall–Kier alpha value is -4.34. The van der Waals surface area contributed by atoms with Crippen LogP contribution in [0.2, 0.25) is 0 Å². The van der Waals surface area contributed by atoms with E-state index in [1.807, 2.05) is 45.3 Å². The van der Waals surface area contributed by atoms with E-state index in [0.29, 0.717) is 0 Å². The second-order valence-corrected chi connectivity index (χ2v) is 17.0. The summed E-state index contributed by atoms with van der Waals surface area (Å²) in [4.78, 5) is 2.63. The number of thiophene rings is 4. The van der Waals surface area contributed by atoms with E-state index < -0.39 is 0 Å². The van der Waals surface area contributed by atoms with Gasteiger partial charge in [0.05, 0.1) is 39.2 Å². The smallest absolute Gasteiger partial charge is 0.170 e. The Morgan fingerprint density at radius 2 is 0.870 bits per heavy atom. The van der Waals surface area contributed by atoms with Crippen LogP contribution in [-0.4, -0.2) is 9.13 Å². The van der Waals surface area contributed by atoms with Crippen molar-refractivity contribution < 1.29 is 8.83 Å². The summed E-state index contributed by atoms with van der Waals surface area (Å²) in [5.41, 5.74) is 13.4. The van der Waals surface area contributed by atoms with E-state index >= 15 is 0 Å². The van der Waals surface area contributed by atoms with E-state index in [9.17, 15) is 0 Å². The maximum Gasteiger partial charge on any atom is 0.170 e. The van der Waals surface area contributed by atoms with E-state index in [-0.39, 0.29) is 0 Å². The molecule has 0 saturated carbocycles. The largest absolute Gasteiger partial charge is 0.453 e. The van der Waals surface area contributed by atoms with E-state index in [1.54, 1.807) is 0 Å². The Morgan fingerprint density at radius 1 is 0.457 bits per heavy atom. The number of benzene rings is 3. The van der Waals surface area contributed by atoms with Crippen molar-refractivity contribution in [3.8, 4) is 11.4 Å². The lowest BCUT2D eigenvalue weighted by atomic mass is 10.2. The van der Waals surface area contributed by atoms with Crippen LogP contribution < -0.4 is 0 Å². The van der Waals surface area contributed by atoms with Crippen LogP contribution in [0.1, 0.15) is 20.9 Å². The van der Waals surface area contributed by atoms with Gasteiger partial charge in [-0.3, -0.25) is 0 Å². The first-order valence-electron chi connectivity index (χ1n) is 15.2. The van der Waals surface area contributed by atoms with Crippen molar-refractivity contribution in [2.24, 2.45) is 0 Å². The normalized spacial score (nSPS) is 12.8. The molecule has 0 unspecified atom stereocenters. The molecule has 222 valence electrons. The number of fused-ring (bicyclic) bond motifs is 14. The Labute approximate surface area is 277 Å². The van der Waals surface area contributed by atoms with Gasteiger partial charge in [0, 0.05) is 31.9 Å². The molecular weight excluding hydrogens is 645 g/mol. The van der Waals surface area contributed by atoms with E-state index in [0.717, 1.165) is 55.5 Å². The molecule has 8 heteroatoms. The van der Waals surface area contributed by atoms with Gasteiger partial charge in [-0.2, -0.15) is 0 Å². The molecule has 0 spiro atoms. The van der Waals surface area contributed by atoms with Crippen LogP contribution in [-0.2, 0) is 0 Å². The SMILES string of the molecule is Cc1ccc(-n2c3cc(C)sc3c3sc4c5cc6oc7c(sc8c9sc(C)cc9n(-c9ccc(C)cc9)c78)c6cc5oc4c32)cc1. The first kappa shape index (κ1) is 25.8. The number of furan rings is 2. The first-order chi connectivity index (χ1) is 22.4. The van der Waals surface area contributed by atoms with Gasteiger partial charge < -0.3 is 18.0 Å². The fourth-order valence-corrected chi connectivity index (χ4v) is 11.9. The number of hydrogen-bond donors (Lipinski definition) is 0. The van der Waals surface area contributed by atoms with Crippen LogP contribution >= 0.6 is 45.3 Å². The average molecular weight is 669 g/mol. The molecule has 0 aliphatic carbocycles. The highest BCUT2D eigenvalue weighted by Gasteiger charge is 2.27. The third-order valence-electron chi connectivity index (χ3n) is 9.27. The molecule has 8 aromatic heterocycles. The van der Waals surface area contributed by atoms with E-state index in [1.165, 1.54) is 60.1 Å². The van der Waals surface area contributed by atoms with Gasteiger partial charge in [0.1, 0.15) is 22.2 Å². The summed E-state index contributed by atoms with van der Waals surface area (Å²) in [5.74, 6) is 0. The number of hydrogen-bond acceptors (Lipinski definition) is 6. The minimum absolute atomic E-state index is 0.908. The van der Waals surface area contributed by atoms with Crippen LogP contribution in [0.3, 0.4) is 0 Å². The molecule has 0 aliphatic heterocycles. The first-order valence-corrected chi connectivity index (χ1v) is 18.5. The molecule has 4 nitrogen and oxygen atoms in total. The van der Waals surface area contributed by atoms with Gasteiger partial charge in [0.15, 0.2) is 11.2 Å². The van der Waals surface area contributed by atoms with Gasteiger partial charge in [0.2, 0.25) is 0 Å². The Balaban J connectivity index is 1.21. The molecule has 0 amide bonds. The highest BCUT2D eigenvalue weighted by molar-refractivity contribution is 7.32. The van der Waals surface area contributed by atoms with Gasteiger partial charge in [-0.1, -0.05) is 35.4 Å². The monoisotopic (exact) mass is 668 g/mol. The van der Waals surface area contributed by atoms with Crippen LogP contribution in [0.15, 0.2) is 81.6 Å². The van der Waals surface area contributed by atoms with Gasteiger partial charge in [-0.25, -0.2) is 0 Å². The zero-order valence-corrected chi connectivity index (χ0v) is 28.5. The van der Waals surface area contributed by atoms with Gasteiger partial charge in [-0.15, -0.1) is 45.3 Å². The third kappa shape index (κ3) is 3.22. The van der Waals surface area contributed by atoms with Crippen LogP contribution in [0.4, 0.5) is 0 Å². The zero-order chi connectivity index (χ0) is 30.6.